The first-order valence-electron chi connectivity index (χ1n) is 11.4. The number of likely N-dealkylation sites (N-methyl/N-ethyl adjacent to an activating group) is 1. The monoisotopic (exact) mass is 447 g/mol. The fourth-order valence-corrected chi connectivity index (χ4v) is 4.85. The van der Waals surface area contributed by atoms with Crippen molar-refractivity contribution in [3.63, 3.8) is 0 Å². The predicted molar refractivity (Wildman–Crippen MR) is 125 cm³/mol. The Morgan fingerprint density at radius 1 is 1.21 bits per heavy atom. The maximum absolute atomic E-state index is 13.2. The molecule has 3 heterocycles. The SMILES string of the molecule is CCN1CC[NH+](Cc2c([O-])ccc3c2O/C(=C\c2cn(C)c4ccc(OC)cc24)C3=O)CC1. The van der Waals surface area contributed by atoms with Crippen molar-refractivity contribution in [2.24, 2.45) is 7.05 Å². The van der Waals surface area contributed by atoms with E-state index in [4.69, 9.17) is 9.47 Å². The number of aromatic nitrogens is 1. The van der Waals surface area contributed by atoms with Crippen LogP contribution in [-0.2, 0) is 13.6 Å². The summed E-state index contributed by atoms with van der Waals surface area (Å²) in [6.45, 7) is 7.79. The molecule has 0 atom stereocenters. The molecule has 1 N–H and O–H groups in total. The highest BCUT2D eigenvalue weighted by Crippen LogP contribution is 2.39. The number of piperazine rings is 1. The number of quaternary nitrogens is 1. The Hall–Kier alpha value is -3.29. The average Bonchev–Trinajstić information content (AvgIpc) is 3.32. The van der Waals surface area contributed by atoms with Crippen LogP contribution in [0.25, 0.3) is 17.0 Å². The summed E-state index contributed by atoms with van der Waals surface area (Å²) in [5, 5.41) is 13.7. The number of fused-ring (bicyclic) bond motifs is 2. The molecule has 0 radical (unpaired) electrons. The minimum Gasteiger partial charge on any atom is -0.872 e. The standard InChI is InChI=1S/C26H29N3O4/c1-4-28-9-11-29(12-10-28)16-21-23(30)8-6-19-25(31)24(33-26(19)21)13-17-15-27(2)22-7-5-18(32-3)14-20(17)22/h5-8,13-15,30H,4,9-12,16H2,1-3H3/b24-13-. The van der Waals surface area contributed by atoms with E-state index in [-0.39, 0.29) is 17.3 Å². The third-order valence-corrected chi connectivity index (χ3v) is 6.85. The smallest absolute Gasteiger partial charge is 0.231 e. The lowest BCUT2D eigenvalue weighted by molar-refractivity contribution is -0.918. The molecule has 5 rings (SSSR count). The number of aryl methyl sites for hydroxylation is 1. The van der Waals surface area contributed by atoms with Crippen molar-refractivity contribution < 1.29 is 24.3 Å². The Bertz CT molecular complexity index is 1250. The first-order chi connectivity index (χ1) is 16.0. The number of nitrogens with one attached hydrogen (secondary N) is 1. The van der Waals surface area contributed by atoms with Crippen molar-refractivity contribution in [1.29, 1.82) is 0 Å². The summed E-state index contributed by atoms with van der Waals surface area (Å²) in [5.41, 5.74) is 2.97. The molecular formula is C26H29N3O4. The quantitative estimate of drug-likeness (QED) is 0.602. The first kappa shape index (κ1) is 21.6. The molecule has 7 nitrogen and oxygen atoms in total. The molecule has 2 aliphatic heterocycles. The van der Waals surface area contributed by atoms with Crippen molar-refractivity contribution in [3.05, 3.63) is 59.0 Å². The van der Waals surface area contributed by atoms with Gasteiger partial charge < -0.3 is 24.0 Å². The van der Waals surface area contributed by atoms with Crippen LogP contribution < -0.4 is 19.5 Å². The molecule has 0 bridgehead atoms. The number of benzene rings is 2. The Kier molecular flexibility index (Phi) is 5.60. The third kappa shape index (κ3) is 3.87. The topological polar surface area (TPSA) is 71.2 Å². The maximum Gasteiger partial charge on any atom is 0.231 e. The molecule has 0 saturated carbocycles. The molecule has 0 aliphatic carbocycles. The minimum atomic E-state index is -0.183. The van der Waals surface area contributed by atoms with Gasteiger partial charge in [-0.05, 0) is 36.9 Å². The van der Waals surface area contributed by atoms with Gasteiger partial charge in [-0.2, -0.15) is 0 Å². The van der Waals surface area contributed by atoms with Crippen LogP contribution in [0.2, 0.25) is 0 Å². The van der Waals surface area contributed by atoms with Gasteiger partial charge in [0.15, 0.2) is 5.76 Å². The zero-order valence-electron chi connectivity index (χ0n) is 19.3. The van der Waals surface area contributed by atoms with Crippen molar-refractivity contribution in [3.8, 4) is 17.2 Å². The summed E-state index contributed by atoms with van der Waals surface area (Å²) in [6.07, 6.45) is 3.74. The number of hydrogen-bond acceptors (Lipinski definition) is 5. The van der Waals surface area contributed by atoms with Crippen molar-refractivity contribution in [2.75, 3.05) is 39.8 Å². The number of ether oxygens (including phenoxy) is 2. The lowest BCUT2D eigenvalue weighted by Crippen LogP contribution is -3.13. The molecule has 0 unspecified atom stereocenters. The predicted octanol–water partition coefficient (Wildman–Crippen LogP) is 1.60. The number of ketones is 1. The van der Waals surface area contributed by atoms with Crippen LogP contribution in [0.3, 0.4) is 0 Å². The highest BCUT2D eigenvalue weighted by molar-refractivity contribution is 6.15. The van der Waals surface area contributed by atoms with Crippen LogP contribution in [0.15, 0.2) is 42.3 Å². The molecule has 1 fully saturated rings. The normalized spacial score (nSPS) is 18.2. The Morgan fingerprint density at radius 3 is 2.73 bits per heavy atom. The fraction of sp³-hybridized carbons (Fsp3) is 0.346. The second-order valence-electron chi connectivity index (χ2n) is 8.80. The number of Topliss-reactive ketones (excluding diaryl/α,β-unsaturated/α-hetero) is 1. The number of carbonyl (C=O) groups is 1. The lowest BCUT2D eigenvalue weighted by Gasteiger charge is -2.32. The summed E-state index contributed by atoms with van der Waals surface area (Å²) >= 11 is 0. The third-order valence-electron chi connectivity index (χ3n) is 6.85. The summed E-state index contributed by atoms with van der Waals surface area (Å²) in [7, 11) is 3.60. The van der Waals surface area contributed by atoms with Crippen molar-refractivity contribution in [1.82, 2.24) is 9.47 Å². The highest BCUT2D eigenvalue weighted by atomic mass is 16.5. The van der Waals surface area contributed by atoms with E-state index in [1.54, 1.807) is 19.3 Å². The highest BCUT2D eigenvalue weighted by Gasteiger charge is 2.32. The molecule has 1 aromatic heterocycles. The van der Waals surface area contributed by atoms with Crippen molar-refractivity contribution >= 4 is 22.8 Å². The number of allylic oxidation sites excluding steroid dienone is 1. The van der Waals surface area contributed by atoms with E-state index in [1.807, 2.05) is 36.0 Å². The number of methoxy groups -OCH3 is 1. The fourth-order valence-electron chi connectivity index (χ4n) is 4.85. The number of carbonyl (C=O) groups excluding carboxylic acids is 1. The van der Waals surface area contributed by atoms with Crippen LogP contribution in [0.4, 0.5) is 0 Å². The summed E-state index contributed by atoms with van der Waals surface area (Å²) < 4.78 is 13.5. The Labute approximate surface area is 193 Å². The van der Waals surface area contributed by atoms with Gasteiger partial charge in [0, 0.05) is 48.4 Å². The number of hydrogen-bond donors (Lipinski definition) is 1. The molecule has 0 amide bonds. The zero-order chi connectivity index (χ0) is 23.1. The molecule has 1 saturated heterocycles. The largest absolute Gasteiger partial charge is 0.872 e. The molecule has 0 spiro atoms. The Balaban J connectivity index is 1.46. The average molecular weight is 448 g/mol. The minimum absolute atomic E-state index is 0.0666. The van der Waals surface area contributed by atoms with Crippen molar-refractivity contribution in [2.45, 2.75) is 13.5 Å². The number of rotatable bonds is 5. The van der Waals surface area contributed by atoms with Crippen LogP contribution in [-0.4, -0.2) is 55.1 Å². The summed E-state index contributed by atoms with van der Waals surface area (Å²) in [5.74, 6) is 1.18. The van der Waals surface area contributed by atoms with Gasteiger partial charge in [0.05, 0.1) is 25.8 Å². The lowest BCUT2D eigenvalue weighted by atomic mass is 10.0. The van der Waals surface area contributed by atoms with Gasteiger partial charge in [0.1, 0.15) is 18.0 Å². The zero-order valence-corrected chi connectivity index (χ0v) is 19.3. The van der Waals surface area contributed by atoms with Gasteiger partial charge in [-0.3, -0.25) is 9.69 Å². The van der Waals surface area contributed by atoms with E-state index in [2.05, 4.69) is 11.8 Å². The van der Waals surface area contributed by atoms with Gasteiger partial charge in [0.2, 0.25) is 5.78 Å². The summed E-state index contributed by atoms with van der Waals surface area (Å²) in [4.78, 5) is 16.9. The van der Waals surface area contributed by atoms with E-state index in [1.165, 1.54) is 11.0 Å². The van der Waals surface area contributed by atoms with Crippen LogP contribution in [0, 0.1) is 0 Å². The Morgan fingerprint density at radius 2 is 2.00 bits per heavy atom. The van der Waals surface area contributed by atoms with Crippen LogP contribution in [0.5, 0.6) is 17.2 Å². The summed E-state index contributed by atoms with van der Waals surface area (Å²) in [6, 6.07) is 8.96. The molecule has 7 heteroatoms. The van der Waals surface area contributed by atoms with E-state index in [0.717, 1.165) is 54.9 Å². The molecule has 3 aromatic rings. The second-order valence-corrected chi connectivity index (χ2v) is 8.80. The molecule has 2 aliphatic rings. The van der Waals surface area contributed by atoms with E-state index < -0.39 is 0 Å². The molecule has 2 aromatic carbocycles. The van der Waals surface area contributed by atoms with Gasteiger partial charge in [0.25, 0.3) is 0 Å². The van der Waals surface area contributed by atoms with Gasteiger partial charge >= 0.3 is 0 Å². The number of nitrogens with zero attached hydrogens (tertiary/aromatic N) is 2. The second kappa shape index (κ2) is 8.57. The van der Waals surface area contributed by atoms with Crippen LogP contribution in [0.1, 0.15) is 28.4 Å². The van der Waals surface area contributed by atoms with Gasteiger partial charge in [-0.1, -0.05) is 18.7 Å². The van der Waals surface area contributed by atoms with E-state index in [0.29, 0.717) is 23.4 Å². The van der Waals surface area contributed by atoms with Crippen LogP contribution >= 0.6 is 0 Å². The van der Waals surface area contributed by atoms with Gasteiger partial charge in [-0.15, -0.1) is 0 Å². The molecule has 172 valence electrons. The van der Waals surface area contributed by atoms with Gasteiger partial charge in [-0.25, -0.2) is 0 Å². The maximum atomic E-state index is 13.2. The molecular weight excluding hydrogens is 418 g/mol. The first-order valence-corrected chi connectivity index (χ1v) is 11.4. The van der Waals surface area contributed by atoms with E-state index in [9.17, 15) is 9.90 Å². The van der Waals surface area contributed by atoms with E-state index >= 15 is 0 Å². The molecule has 33 heavy (non-hydrogen) atoms.